The Labute approximate surface area is 110 Å². The molecule has 1 fully saturated rings. The van der Waals surface area contributed by atoms with Crippen LogP contribution in [-0.2, 0) is 0 Å². The van der Waals surface area contributed by atoms with Crippen molar-refractivity contribution in [2.24, 2.45) is 0 Å². The molecule has 18 heavy (non-hydrogen) atoms. The summed E-state index contributed by atoms with van der Waals surface area (Å²) < 4.78 is 2.13. The Morgan fingerprint density at radius 1 is 1.22 bits per heavy atom. The van der Waals surface area contributed by atoms with Crippen LogP contribution in [0.5, 0.6) is 0 Å². The molecule has 0 aromatic carbocycles. The van der Waals surface area contributed by atoms with Gasteiger partial charge in [-0.05, 0) is 26.7 Å². The quantitative estimate of drug-likeness (QED) is 0.599. The molecule has 0 radical (unpaired) electrons. The molecule has 100 valence electrons. The number of hydrogen-bond donors (Lipinski definition) is 0. The van der Waals surface area contributed by atoms with E-state index in [1.165, 1.54) is 38.5 Å². The summed E-state index contributed by atoms with van der Waals surface area (Å²) in [5.41, 5.74) is 2.84. The van der Waals surface area contributed by atoms with Gasteiger partial charge in [-0.3, -0.25) is 9.48 Å². The van der Waals surface area contributed by atoms with E-state index >= 15 is 0 Å². The third-order valence-electron chi connectivity index (χ3n) is 4.10. The molecule has 0 N–H and O–H groups in total. The fraction of sp³-hybridized carbons (Fsp3) is 0.733. The summed E-state index contributed by atoms with van der Waals surface area (Å²) in [7, 11) is 0. The minimum absolute atomic E-state index is 0.227. The van der Waals surface area contributed by atoms with Gasteiger partial charge in [-0.1, -0.05) is 32.6 Å². The van der Waals surface area contributed by atoms with E-state index in [4.69, 9.17) is 0 Å². The molecule has 0 bridgehead atoms. The standard InChI is InChI=1S/C15H24N2O/c1-4-14(18)15-11(2)16-17(12(15)3)13-9-7-5-6-8-10-13/h13H,4-10H2,1-3H3. The van der Waals surface area contributed by atoms with E-state index < -0.39 is 0 Å². The molecule has 1 aromatic heterocycles. The summed E-state index contributed by atoms with van der Waals surface area (Å²) >= 11 is 0. The molecule has 0 atom stereocenters. The number of carbonyl (C=O) groups excluding carboxylic acids is 1. The maximum absolute atomic E-state index is 12.0. The Morgan fingerprint density at radius 2 is 1.83 bits per heavy atom. The Hall–Kier alpha value is -1.12. The number of carbonyl (C=O) groups is 1. The fourth-order valence-corrected chi connectivity index (χ4v) is 3.10. The first-order valence-electron chi connectivity index (χ1n) is 7.24. The van der Waals surface area contributed by atoms with Gasteiger partial charge < -0.3 is 0 Å². The van der Waals surface area contributed by atoms with Crippen LogP contribution in [0.2, 0.25) is 0 Å². The number of Topliss-reactive ketones (excluding diaryl/α,β-unsaturated/α-hetero) is 1. The van der Waals surface area contributed by atoms with Crippen LogP contribution in [0.25, 0.3) is 0 Å². The van der Waals surface area contributed by atoms with Gasteiger partial charge in [0, 0.05) is 12.1 Å². The Morgan fingerprint density at radius 3 is 2.39 bits per heavy atom. The highest BCUT2D eigenvalue weighted by atomic mass is 16.1. The van der Waals surface area contributed by atoms with Crippen LogP contribution in [0.4, 0.5) is 0 Å². The SMILES string of the molecule is CCC(=O)c1c(C)nn(C2CCCCCC2)c1C. The zero-order chi connectivity index (χ0) is 13.1. The molecule has 3 nitrogen and oxygen atoms in total. The fourth-order valence-electron chi connectivity index (χ4n) is 3.10. The number of aromatic nitrogens is 2. The highest BCUT2D eigenvalue weighted by molar-refractivity contribution is 5.97. The molecule has 1 aliphatic carbocycles. The molecule has 1 heterocycles. The van der Waals surface area contributed by atoms with Crippen LogP contribution in [0.1, 0.15) is 79.7 Å². The highest BCUT2D eigenvalue weighted by Gasteiger charge is 2.22. The molecule has 1 aliphatic rings. The van der Waals surface area contributed by atoms with Gasteiger partial charge in [-0.2, -0.15) is 5.10 Å². The summed E-state index contributed by atoms with van der Waals surface area (Å²) in [6.07, 6.45) is 8.26. The van der Waals surface area contributed by atoms with Crippen molar-refractivity contribution in [3.63, 3.8) is 0 Å². The zero-order valence-corrected chi connectivity index (χ0v) is 11.8. The van der Waals surface area contributed by atoms with E-state index in [9.17, 15) is 4.79 Å². The second-order valence-electron chi connectivity index (χ2n) is 5.41. The second kappa shape index (κ2) is 5.68. The summed E-state index contributed by atoms with van der Waals surface area (Å²) in [6.45, 7) is 5.93. The van der Waals surface area contributed by atoms with Gasteiger partial charge in [0.15, 0.2) is 5.78 Å². The number of nitrogens with zero attached hydrogens (tertiary/aromatic N) is 2. The van der Waals surface area contributed by atoms with Crippen molar-refractivity contribution in [3.05, 3.63) is 17.0 Å². The molecule has 1 saturated carbocycles. The average Bonchev–Trinajstić information content (AvgIpc) is 2.59. The second-order valence-corrected chi connectivity index (χ2v) is 5.41. The molecular formula is C15H24N2O. The van der Waals surface area contributed by atoms with E-state index in [1.807, 2.05) is 20.8 Å². The van der Waals surface area contributed by atoms with Gasteiger partial charge in [-0.15, -0.1) is 0 Å². The number of ketones is 1. The number of rotatable bonds is 3. The van der Waals surface area contributed by atoms with Gasteiger partial charge in [0.1, 0.15) is 0 Å². The van der Waals surface area contributed by atoms with Crippen LogP contribution in [0.15, 0.2) is 0 Å². The smallest absolute Gasteiger partial charge is 0.166 e. The van der Waals surface area contributed by atoms with Crippen LogP contribution in [0, 0.1) is 13.8 Å². The van der Waals surface area contributed by atoms with Gasteiger partial charge >= 0.3 is 0 Å². The van der Waals surface area contributed by atoms with Crippen molar-refractivity contribution in [2.75, 3.05) is 0 Å². The van der Waals surface area contributed by atoms with Crippen LogP contribution >= 0.6 is 0 Å². The zero-order valence-electron chi connectivity index (χ0n) is 11.8. The molecule has 0 aliphatic heterocycles. The molecule has 0 saturated heterocycles. The lowest BCUT2D eigenvalue weighted by Crippen LogP contribution is -2.12. The van der Waals surface area contributed by atoms with E-state index in [2.05, 4.69) is 9.78 Å². The van der Waals surface area contributed by atoms with Crippen LogP contribution in [-0.4, -0.2) is 15.6 Å². The number of hydrogen-bond acceptors (Lipinski definition) is 2. The van der Waals surface area contributed by atoms with Crippen molar-refractivity contribution in [3.8, 4) is 0 Å². The summed E-state index contributed by atoms with van der Waals surface area (Å²) in [5, 5.41) is 4.64. The summed E-state index contributed by atoms with van der Waals surface area (Å²) in [5.74, 6) is 0.227. The van der Waals surface area contributed by atoms with Crippen LogP contribution in [0.3, 0.4) is 0 Å². The third kappa shape index (κ3) is 2.50. The normalized spacial score (nSPS) is 17.7. The predicted octanol–water partition coefficient (Wildman–Crippen LogP) is 3.99. The Balaban J connectivity index is 2.30. The Bertz CT molecular complexity index is 426. The molecule has 0 spiro atoms. The van der Waals surface area contributed by atoms with E-state index in [1.54, 1.807) is 0 Å². The summed E-state index contributed by atoms with van der Waals surface area (Å²) in [6, 6.07) is 0.504. The lowest BCUT2D eigenvalue weighted by Gasteiger charge is -2.16. The topological polar surface area (TPSA) is 34.9 Å². The first-order valence-corrected chi connectivity index (χ1v) is 7.24. The van der Waals surface area contributed by atoms with Crippen molar-refractivity contribution >= 4 is 5.78 Å². The largest absolute Gasteiger partial charge is 0.294 e. The molecule has 0 amide bonds. The van der Waals surface area contributed by atoms with E-state index in [0.717, 1.165) is 17.0 Å². The molecule has 0 unspecified atom stereocenters. The number of aryl methyl sites for hydroxylation is 1. The predicted molar refractivity (Wildman–Crippen MR) is 73.1 cm³/mol. The summed E-state index contributed by atoms with van der Waals surface area (Å²) in [4.78, 5) is 12.0. The molecule has 2 rings (SSSR count). The van der Waals surface area contributed by atoms with E-state index in [0.29, 0.717) is 12.5 Å². The lowest BCUT2D eigenvalue weighted by atomic mass is 10.1. The maximum atomic E-state index is 12.0. The first-order chi connectivity index (χ1) is 8.65. The van der Waals surface area contributed by atoms with Crippen LogP contribution < -0.4 is 0 Å². The first kappa shape index (κ1) is 13.3. The van der Waals surface area contributed by atoms with E-state index in [-0.39, 0.29) is 5.78 Å². The maximum Gasteiger partial charge on any atom is 0.166 e. The molecule has 1 aromatic rings. The monoisotopic (exact) mass is 248 g/mol. The average molecular weight is 248 g/mol. The van der Waals surface area contributed by atoms with Gasteiger partial charge in [-0.25, -0.2) is 0 Å². The molecular weight excluding hydrogens is 224 g/mol. The van der Waals surface area contributed by atoms with Gasteiger partial charge in [0.2, 0.25) is 0 Å². The van der Waals surface area contributed by atoms with Gasteiger partial charge in [0.05, 0.1) is 17.3 Å². The highest BCUT2D eigenvalue weighted by Crippen LogP contribution is 2.29. The minimum Gasteiger partial charge on any atom is -0.294 e. The van der Waals surface area contributed by atoms with Gasteiger partial charge in [0.25, 0.3) is 0 Å². The lowest BCUT2D eigenvalue weighted by molar-refractivity contribution is 0.0987. The van der Waals surface area contributed by atoms with Crippen molar-refractivity contribution < 1.29 is 4.79 Å². The minimum atomic E-state index is 0.227. The van der Waals surface area contributed by atoms with Crippen molar-refractivity contribution in [2.45, 2.75) is 71.8 Å². The van der Waals surface area contributed by atoms with Crippen molar-refractivity contribution in [1.82, 2.24) is 9.78 Å². The van der Waals surface area contributed by atoms with Crippen molar-refractivity contribution in [1.29, 1.82) is 0 Å². The molecule has 3 heteroatoms. The third-order valence-corrected chi connectivity index (χ3v) is 4.10. The Kier molecular flexibility index (Phi) is 4.20.